The molecule has 2 N–H and O–H groups in total. The molecule has 2 aromatic rings. The van der Waals surface area contributed by atoms with Gasteiger partial charge in [0.25, 0.3) is 0 Å². The van der Waals surface area contributed by atoms with E-state index in [1.54, 1.807) is 18.0 Å². The minimum absolute atomic E-state index is 0.689. The fraction of sp³-hybridized carbons (Fsp3) is 0.400. The molecule has 102 valence electrons. The molecule has 0 spiro atoms. The molecule has 0 atom stereocenters. The molecule has 2 rings (SSSR count). The number of hydrogen-bond acceptors (Lipinski definition) is 3. The maximum atomic E-state index is 4.23. The van der Waals surface area contributed by atoms with Gasteiger partial charge in [0.1, 0.15) is 0 Å². The van der Waals surface area contributed by atoms with Crippen LogP contribution >= 0.6 is 11.8 Å². The minimum Gasteiger partial charge on any atom is -0.339 e. The fourth-order valence-electron chi connectivity index (χ4n) is 1.84. The number of hydrogen-bond donors (Lipinski definition) is 2. The second-order valence-electron chi connectivity index (χ2n) is 5.11. The lowest BCUT2D eigenvalue weighted by Crippen LogP contribution is -2.19. The maximum absolute atomic E-state index is 4.23. The molecular weight excluding hydrogens is 254 g/mol. The number of aromatic nitrogens is 2. The summed E-state index contributed by atoms with van der Waals surface area (Å²) in [7, 11) is 0. The quantitative estimate of drug-likeness (QED) is 0.846. The number of H-pyrrole nitrogens is 1. The van der Waals surface area contributed by atoms with Gasteiger partial charge in [0.2, 0.25) is 0 Å². The second-order valence-corrected chi connectivity index (χ2v) is 6.17. The molecule has 3 nitrogen and oxygen atoms in total. The summed E-state index contributed by atoms with van der Waals surface area (Å²) in [5.41, 5.74) is 2.69. The first-order valence-corrected chi connectivity index (χ1v) is 7.44. The van der Waals surface area contributed by atoms with Gasteiger partial charge in [-0.2, -0.15) is 0 Å². The lowest BCUT2D eigenvalue weighted by atomic mass is 10.1. The molecule has 19 heavy (non-hydrogen) atoms. The number of nitrogens with one attached hydrogen (secondary N) is 2. The summed E-state index contributed by atoms with van der Waals surface area (Å²) in [5.74, 6) is 0.689. The first-order chi connectivity index (χ1) is 9.15. The van der Waals surface area contributed by atoms with Crippen LogP contribution in [0.4, 0.5) is 0 Å². The smallest absolute Gasteiger partial charge is 0.170 e. The Balaban J connectivity index is 1.96. The molecule has 0 saturated heterocycles. The summed E-state index contributed by atoms with van der Waals surface area (Å²) in [6, 6.07) is 6.58. The Bertz CT molecular complexity index is 506. The van der Waals surface area contributed by atoms with Gasteiger partial charge in [-0.1, -0.05) is 31.7 Å². The Hall–Kier alpha value is -1.26. The predicted molar refractivity (Wildman–Crippen MR) is 80.4 cm³/mol. The van der Waals surface area contributed by atoms with Crippen molar-refractivity contribution < 1.29 is 0 Å². The molecule has 0 amide bonds. The number of aromatic amines is 1. The van der Waals surface area contributed by atoms with Crippen molar-refractivity contribution in [3.63, 3.8) is 0 Å². The molecule has 0 aliphatic heterocycles. The molecule has 1 aromatic heterocycles. The van der Waals surface area contributed by atoms with Crippen molar-refractivity contribution in [3.8, 4) is 0 Å². The van der Waals surface area contributed by atoms with Gasteiger partial charge in [0.05, 0.1) is 0 Å². The zero-order valence-electron chi connectivity index (χ0n) is 11.7. The van der Waals surface area contributed by atoms with E-state index in [4.69, 9.17) is 0 Å². The van der Waals surface area contributed by atoms with Crippen molar-refractivity contribution in [2.45, 2.75) is 37.4 Å². The SMILES string of the molecule is Cc1cc(Sc2ncc[nH]2)ccc1CNCC(C)C. The molecule has 0 aliphatic carbocycles. The maximum Gasteiger partial charge on any atom is 0.170 e. The molecular formula is C15H21N3S. The Morgan fingerprint density at radius 1 is 1.37 bits per heavy atom. The highest BCUT2D eigenvalue weighted by Crippen LogP contribution is 2.26. The van der Waals surface area contributed by atoms with Crippen LogP contribution in [0, 0.1) is 12.8 Å². The van der Waals surface area contributed by atoms with Crippen LogP contribution in [0.3, 0.4) is 0 Å². The van der Waals surface area contributed by atoms with E-state index in [2.05, 4.69) is 54.3 Å². The van der Waals surface area contributed by atoms with Gasteiger partial charge in [-0.25, -0.2) is 4.98 Å². The Kier molecular flexibility index (Phi) is 5.05. The molecule has 0 unspecified atom stereocenters. The summed E-state index contributed by atoms with van der Waals surface area (Å²) in [6.45, 7) is 8.61. The van der Waals surface area contributed by atoms with Crippen molar-refractivity contribution in [1.29, 1.82) is 0 Å². The summed E-state index contributed by atoms with van der Waals surface area (Å²) < 4.78 is 0. The summed E-state index contributed by atoms with van der Waals surface area (Å²) in [6.07, 6.45) is 3.62. The number of aryl methyl sites for hydroxylation is 1. The van der Waals surface area contributed by atoms with Crippen LogP contribution in [-0.4, -0.2) is 16.5 Å². The number of imidazole rings is 1. The molecule has 1 aromatic carbocycles. The first-order valence-electron chi connectivity index (χ1n) is 6.62. The van der Waals surface area contributed by atoms with E-state index < -0.39 is 0 Å². The monoisotopic (exact) mass is 275 g/mol. The van der Waals surface area contributed by atoms with E-state index in [0.29, 0.717) is 5.92 Å². The highest BCUT2D eigenvalue weighted by atomic mass is 32.2. The molecule has 4 heteroatoms. The average molecular weight is 275 g/mol. The third-order valence-corrected chi connectivity index (χ3v) is 3.78. The number of benzene rings is 1. The normalized spacial score (nSPS) is 11.2. The fourth-order valence-corrected chi connectivity index (χ4v) is 2.68. The van der Waals surface area contributed by atoms with Gasteiger partial charge < -0.3 is 10.3 Å². The number of rotatable bonds is 6. The second kappa shape index (κ2) is 6.78. The lowest BCUT2D eigenvalue weighted by molar-refractivity contribution is 0.551. The van der Waals surface area contributed by atoms with E-state index in [1.165, 1.54) is 16.0 Å². The molecule has 0 radical (unpaired) electrons. The van der Waals surface area contributed by atoms with Crippen LogP contribution in [0.25, 0.3) is 0 Å². The zero-order valence-corrected chi connectivity index (χ0v) is 12.6. The number of nitrogens with zero attached hydrogens (tertiary/aromatic N) is 1. The van der Waals surface area contributed by atoms with Gasteiger partial charge in [0.15, 0.2) is 5.16 Å². The van der Waals surface area contributed by atoms with Crippen LogP contribution < -0.4 is 5.32 Å². The van der Waals surface area contributed by atoms with Crippen molar-refractivity contribution >= 4 is 11.8 Å². The molecule has 0 bridgehead atoms. The van der Waals surface area contributed by atoms with Gasteiger partial charge >= 0.3 is 0 Å². The Morgan fingerprint density at radius 2 is 2.21 bits per heavy atom. The molecule has 0 fully saturated rings. The third-order valence-electron chi connectivity index (χ3n) is 2.87. The van der Waals surface area contributed by atoms with Crippen LogP contribution in [0.5, 0.6) is 0 Å². The van der Waals surface area contributed by atoms with E-state index in [0.717, 1.165) is 18.2 Å². The Labute approximate surface area is 119 Å². The zero-order chi connectivity index (χ0) is 13.7. The van der Waals surface area contributed by atoms with Gasteiger partial charge in [-0.05, 0) is 42.6 Å². The standard InChI is InChI=1S/C15H21N3S/c1-11(2)9-16-10-13-4-5-14(8-12(13)3)19-15-17-6-7-18-15/h4-8,11,16H,9-10H2,1-3H3,(H,17,18). The lowest BCUT2D eigenvalue weighted by Gasteiger charge is -2.10. The predicted octanol–water partition coefficient (Wildman–Crippen LogP) is 3.61. The molecule has 0 saturated carbocycles. The highest BCUT2D eigenvalue weighted by Gasteiger charge is 2.03. The van der Waals surface area contributed by atoms with Gasteiger partial charge in [0, 0.05) is 23.8 Å². The van der Waals surface area contributed by atoms with Crippen LogP contribution in [0.2, 0.25) is 0 Å². The minimum atomic E-state index is 0.689. The summed E-state index contributed by atoms with van der Waals surface area (Å²) >= 11 is 1.66. The van der Waals surface area contributed by atoms with E-state index >= 15 is 0 Å². The van der Waals surface area contributed by atoms with E-state index in [9.17, 15) is 0 Å². The van der Waals surface area contributed by atoms with Crippen LogP contribution in [-0.2, 0) is 6.54 Å². The van der Waals surface area contributed by atoms with Gasteiger partial charge in [-0.3, -0.25) is 0 Å². The van der Waals surface area contributed by atoms with Crippen molar-refractivity contribution in [3.05, 3.63) is 41.7 Å². The highest BCUT2D eigenvalue weighted by molar-refractivity contribution is 7.99. The van der Waals surface area contributed by atoms with Crippen LogP contribution in [0.15, 0.2) is 40.6 Å². The molecule has 1 heterocycles. The Morgan fingerprint density at radius 3 is 2.84 bits per heavy atom. The topological polar surface area (TPSA) is 40.7 Å². The van der Waals surface area contributed by atoms with E-state index in [1.807, 2.05) is 6.20 Å². The largest absolute Gasteiger partial charge is 0.339 e. The summed E-state index contributed by atoms with van der Waals surface area (Å²) in [5, 5.41) is 4.42. The van der Waals surface area contributed by atoms with Gasteiger partial charge in [-0.15, -0.1) is 0 Å². The molecule has 0 aliphatic rings. The van der Waals surface area contributed by atoms with Crippen LogP contribution in [0.1, 0.15) is 25.0 Å². The van der Waals surface area contributed by atoms with Crippen molar-refractivity contribution in [2.75, 3.05) is 6.54 Å². The van der Waals surface area contributed by atoms with Crippen molar-refractivity contribution in [2.24, 2.45) is 5.92 Å². The van der Waals surface area contributed by atoms with Crippen molar-refractivity contribution in [1.82, 2.24) is 15.3 Å². The summed E-state index contributed by atoms with van der Waals surface area (Å²) in [4.78, 5) is 8.56. The third kappa shape index (κ3) is 4.40. The average Bonchev–Trinajstić information content (AvgIpc) is 2.84. The van der Waals surface area contributed by atoms with E-state index in [-0.39, 0.29) is 0 Å². The first kappa shape index (κ1) is 14.2.